The van der Waals surface area contributed by atoms with Crippen LogP contribution in [-0.4, -0.2) is 29.1 Å². The van der Waals surface area contributed by atoms with E-state index in [4.69, 9.17) is 9.84 Å². The number of ether oxygens (including phenoxy) is 1. The Labute approximate surface area is 134 Å². The van der Waals surface area contributed by atoms with Gasteiger partial charge in [0.05, 0.1) is 5.56 Å². The zero-order chi connectivity index (χ0) is 16.4. The second-order valence-electron chi connectivity index (χ2n) is 5.59. The molecule has 7 heteroatoms. The van der Waals surface area contributed by atoms with E-state index in [1.165, 1.54) is 32.9 Å². The largest absolute Gasteiger partial charge is 0.477 e. The highest BCUT2D eigenvalue weighted by atomic mass is 127. The molecule has 1 atom stereocenters. The van der Waals surface area contributed by atoms with Crippen LogP contribution in [0.25, 0.3) is 0 Å². The maximum Gasteiger partial charge on any atom is 0.379 e. The number of carbonyl (C=O) groups is 2. The number of esters is 1. The maximum absolute atomic E-state index is 13.8. The average Bonchev–Trinajstić information content (AvgIpc) is 2.34. The summed E-state index contributed by atoms with van der Waals surface area (Å²) >= 11 is 2.03. The van der Waals surface area contributed by atoms with Gasteiger partial charge in [0.25, 0.3) is 0 Å². The van der Waals surface area contributed by atoms with E-state index in [0.717, 1.165) is 3.57 Å². The van der Waals surface area contributed by atoms with E-state index < -0.39 is 29.4 Å². The second-order valence-corrected chi connectivity index (χ2v) is 6.83. The van der Waals surface area contributed by atoms with Gasteiger partial charge in [-0.2, -0.15) is 8.78 Å². The number of hydrogen-bond acceptors (Lipinski definition) is 3. The Morgan fingerprint density at radius 3 is 2.05 bits per heavy atom. The molecule has 0 amide bonds. The molecule has 1 aromatic rings. The van der Waals surface area contributed by atoms with E-state index >= 15 is 0 Å². The lowest BCUT2D eigenvalue weighted by molar-refractivity contribution is -0.194. The first-order chi connectivity index (χ1) is 9.46. The van der Waals surface area contributed by atoms with Crippen molar-refractivity contribution in [2.24, 2.45) is 5.41 Å². The fourth-order valence-corrected chi connectivity index (χ4v) is 2.03. The number of alkyl halides is 2. The quantitative estimate of drug-likeness (QED) is 0.607. The number of rotatable bonds is 4. The topological polar surface area (TPSA) is 63.6 Å². The Kier molecular flexibility index (Phi) is 5.30. The van der Waals surface area contributed by atoms with E-state index in [1.807, 2.05) is 22.6 Å². The molecule has 116 valence electrons. The minimum Gasteiger partial charge on any atom is -0.477 e. The van der Waals surface area contributed by atoms with Crippen LogP contribution >= 0.6 is 22.6 Å². The molecule has 0 bridgehead atoms. The lowest BCUT2D eigenvalue weighted by Gasteiger charge is -2.33. The predicted octanol–water partition coefficient (Wildman–Crippen LogP) is 3.58. The van der Waals surface area contributed by atoms with Crippen LogP contribution in [0, 0.1) is 8.99 Å². The van der Waals surface area contributed by atoms with Crippen molar-refractivity contribution in [3.63, 3.8) is 0 Å². The van der Waals surface area contributed by atoms with Gasteiger partial charge in [0.2, 0.25) is 0 Å². The molecular formula is C14H15F2IO4. The number of halogens is 3. The summed E-state index contributed by atoms with van der Waals surface area (Å²) in [5.74, 6) is -7.47. The number of carboxylic acid groups (broad SMARTS) is 1. The van der Waals surface area contributed by atoms with Crippen molar-refractivity contribution in [1.82, 2.24) is 0 Å². The highest BCUT2D eigenvalue weighted by molar-refractivity contribution is 14.1. The van der Waals surface area contributed by atoms with E-state index in [0.29, 0.717) is 0 Å². The molecule has 21 heavy (non-hydrogen) atoms. The Balaban J connectivity index is 3.05. The first-order valence-corrected chi connectivity index (χ1v) is 7.12. The van der Waals surface area contributed by atoms with Gasteiger partial charge in [-0.25, -0.2) is 9.59 Å². The van der Waals surface area contributed by atoms with Crippen LogP contribution < -0.4 is 0 Å². The monoisotopic (exact) mass is 412 g/mol. The van der Waals surface area contributed by atoms with E-state index in [1.54, 1.807) is 12.1 Å². The predicted molar refractivity (Wildman–Crippen MR) is 80.4 cm³/mol. The van der Waals surface area contributed by atoms with Gasteiger partial charge in [-0.05, 0) is 46.9 Å². The first-order valence-electron chi connectivity index (χ1n) is 6.04. The summed E-state index contributed by atoms with van der Waals surface area (Å²) in [5, 5.41) is 8.65. The van der Waals surface area contributed by atoms with Crippen molar-refractivity contribution >= 4 is 34.5 Å². The van der Waals surface area contributed by atoms with Crippen LogP contribution in [0.5, 0.6) is 0 Å². The van der Waals surface area contributed by atoms with Crippen LogP contribution in [0.2, 0.25) is 0 Å². The van der Waals surface area contributed by atoms with Gasteiger partial charge in [0, 0.05) is 8.99 Å². The Bertz CT molecular complexity index is 535. The van der Waals surface area contributed by atoms with Crippen molar-refractivity contribution in [2.75, 3.05) is 0 Å². The normalized spacial score (nSPS) is 13.6. The fourth-order valence-electron chi connectivity index (χ4n) is 1.67. The third-order valence-corrected chi connectivity index (χ3v) is 3.42. The fraction of sp³-hybridized carbons (Fsp3) is 0.429. The number of benzene rings is 1. The summed E-state index contributed by atoms with van der Waals surface area (Å²) in [4.78, 5) is 22.7. The summed E-state index contributed by atoms with van der Waals surface area (Å²) < 4.78 is 33.2. The van der Waals surface area contributed by atoms with Gasteiger partial charge < -0.3 is 9.84 Å². The Morgan fingerprint density at radius 1 is 1.19 bits per heavy atom. The minimum atomic E-state index is -4.17. The molecule has 0 aliphatic carbocycles. The van der Waals surface area contributed by atoms with Crippen molar-refractivity contribution in [1.29, 1.82) is 0 Å². The highest BCUT2D eigenvalue weighted by Crippen LogP contribution is 2.35. The van der Waals surface area contributed by atoms with Crippen LogP contribution in [0.4, 0.5) is 8.78 Å². The molecule has 0 aliphatic heterocycles. The average molecular weight is 412 g/mol. The maximum atomic E-state index is 13.8. The SMILES string of the molecule is CC(C)(C)C(OC(=O)c1ccc(I)cc1)C(F)(F)C(=O)O. The number of hydrogen-bond donors (Lipinski definition) is 1. The van der Waals surface area contributed by atoms with Gasteiger partial charge in [-0.1, -0.05) is 20.8 Å². The molecule has 1 aromatic carbocycles. The Morgan fingerprint density at radius 2 is 1.67 bits per heavy atom. The molecule has 1 N–H and O–H groups in total. The standard InChI is InChI=1S/C14H15F2IO4/c1-13(2,3)11(14(15,16)12(19)20)21-10(18)8-4-6-9(17)7-5-8/h4-7,11H,1-3H3,(H,19,20). The number of aliphatic carboxylic acids is 1. The van der Waals surface area contributed by atoms with Crippen molar-refractivity contribution in [2.45, 2.75) is 32.8 Å². The summed E-state index contributed by atoms with van der Waals surface area (Å²) in [6.45, 7) is 4.15. The zero-order valence-corrected chi connectivity index (χ0v) is 13.9. The third kappa shape index (κ3) is 4.36. The first kappa shape index (κ1) is 17.8. The Hall–Kier alpha value is -1.25. The summed E-state index contributed by atoms with van der Waals surface area (Å²) in [6, 6.07) is 6.11. The van der Waals surface area contributed by atoms with Gasteiger partial charge >= 0.3 is 17.9 Å². The minimum absolute atomic E-state index is 0.0888. The zero-order valence-electron chi connectivity index (χ0n) is 11.7. The van der Waals surface area contributed by atoms with Gasteiger partial charge in [-0.15, -0.1) is 0 Å². The lowest BCUT2D eigenvalue weighted by atomic mass is 9.85. The van der Waals surface area contributed by atoms with E-state index in [-0.39, 0.29) is 5.56 Å². The second kappa shape index (κ2) is 6.25. The molecular weight excluding hydrogens is 397 g/mol. The molecule has 0 saturated carbocycles. The lowest BCUT2D eigenvalue weighted by Crippen LogP contribution is -2.51. The summed E-state index contributed by atoms with van der Waals surface area (Å²) in [5.41, 5.74) is -1.15. The van der Waals surface area contributed by atoms with Crippen molar-refractivity contribution < 1.29 is 28.2 Å². The number of carboxylic acids is 1. The van der Waals surface area contributed by atoms with Crippen LogP contribution in [0.15, 0.2) is 24.3 Å². The van der Waals surface area contributed by atoms with Crippen LogP contribution in [0.3, 0.4) is 0 Å². The van der Waals surface area contributed by atoms with Gasteiger partial charge in [0.1, 0.15) is 0 Å². The van der Waals surface area contributed by atoms with E-state index in [9.17, 15) is 18.4 Å². The van der Waals surface area contributed by atoms with Crippen LogP contribution in [-0.2, 0) is 9.53 Å². The molecule has 0 aliphatic rings. The highest BCUT2D eigenvalue weighted by Gasteiger charge is 2.55. The van der Waals surface area contributed by atoms with Crippen molar-refractivity contribution in [3.8, 4) is 0 Å². The van der Waals surface area contributed by atoms with Crippen molar-refractivity contribution in [3.05, 3.63) is 33.4 Å². The molecule has 0 radical (unpaired) electrons. The smallest absolute Gasteiger partial charge is 0.379 e. The third-order valence-electron chi connectivity index (χ3n) is 2.71. The summed E-state index contributed by atoms with van der Waals surface area (Å²) in [7, 11) is 0. The molecule has 1 rings (SSSR count). The molecule has 0 heterocycles. The summed E-state index contributed by atoms with van der Waals surface area (Å²) in [6.07, 6.45) is -2.07. The number of carbonyl (C=O) groups excluding carboxylic acids is 1. The molecule has 0 saturated heterocycles. The van der Waals surface area contributed by atoms with Gasteiger partial charge in [0.15, 0.2) is 6.10 Å². The molecule has 0 spiro atoms. The van der Waals surface area contributed by atoms with Gasteiger partial charge in [-0.3, -0.25) is 0 Å². The van der Waals surface area contributed by atoms with Crippen LogP contribution in [0.1, 0.15) is 31.1 Å². The molecule has 4 nitrogen and oxygen atoms in total. The van der Waals surface area contributed by atoms with E-state index in [2.05, 4.69) is 0 Å². The molecule has 0 aromatic heterocycles. The molecule has 0 fully saturated rings. The molecule has 1 unspecified atom stereocenters.